The zero-order valence-electron chi connectivity index (χ0n) is 11.2. The van der Waals surface area contributed by atoms with Crippen molar-refractivity contribution >= 4 is 29.1 Å². The van der Waals surface area contributed by atoms with Crippen molar-refractivity contribution in [1.29, 1.82) is 0 Å². The van der Waals surface area contributed by atoms with Crippen molar-refractivity contribution in [2.75, 3.05) is 7.11 Å². The van der Waals surface area contributed by atoms with Crippen LogP contribution in [0.3, 0.4) is 0 Å². The molecular weight excluding hydrogens is 313 g/mol. The highest BCUT2D eigenvalue weighted by atomic mass is 35.5. The molecule has 0 unspecified atom stereocenters. The zero-order valence-corrected chi connectivity index (χ0v) is 12.7. The fraction of sp³-hybridized carbons (Fsp3) is 0.133. The second kappa shape index (κ2) is 6.70. The number of benzene rings is 2. The number of hydrogen-bond acceptors (Lipinski definition) is 3. The van der Waals surface area contributed by atoms with Crippen molar-refractivity contribution in [2.24, 2.45) is 5.73 Å². The molecule has 2 N–H and O–H groups in total. The molecule has 2 aromatic rings. The number of methoxy groups -OCH3 is 1. The molecule has 1 amide bonds. The fourth-order valence-electron chi connectivity index (χ4n) is 1.75. The van der Waals surface area contributed by atoms with Gasteiger partial charge in [0.1, 0.15) is 18.1 Å². The van der Waals surface area contributed by atoms with Crippen LogP contribution in [0.15, 0.2) is 36.4 Å². The summed E-state index contributed by atoms with van der Waals surface area (Å²) in [6.45, 7) is 0.197. The predicted octanol–water partition coefficient (Wildman–Crippen LogP) is 3.68. The van der Waals surface area contributed by atoms with E-state index in [0.29, 0.717) is 21.5 Å². The fourth-order valence-corrected chi connectivity index (χ4v) is 2.21. The van der Waals surface area contributed by atoms with Crippen molar-refractivity contribution in [1.82, 2.24) is 0 Å². The first-order chi connectivity index (χ1) is 10.0. The molecule has 2 aromatic carbocycles. The number of hydrogen-bond donors (Lipinski definition) is 1. The maximum atomic E-state index is 11.5. The van der Waals surface area contributed by atoms with Crippen molar-refractivity contribution in [3.05, 3.63) is 57.6 Å². The molecule has 0 saturated heterocycles. The molecule has 0 aliphatic rings. The minimum atomic E-state index is -0.592. The standard InChI is InChI=1S/C15H13Cl2NO3/c1-20-11-4-5-14(12(7-11)15(18)19)21-8-9-2-3-10(16)6-13(9)17/h2-7H,8H2,1H3,(H2,18,19). The molecule has 2 rings (SSSR count). The average Bonchev–Trinajstić information content (AvgIpc) is 2.46. The Balaban J connectivity index is 2.21. The van der Waals surface area contributed by atoms with Gasteiger partial charge in [0, 0.05) is 15.6 Å². The van der Waals surface area contributed by atoms with Crippen LogP contribution < -0.4 is 15.2 Å². The average molecular weight is 326 g/mol. The summed E-state index contributed by atoms with van der Waals surface area (Å²) in [6, 6.07) is 9.95. The molecule has 0 aromatic heterocycles. The van der Waals surface area contributed by atoms with Gasteiger partial charge in [-0.25, -0.2) is 0 Å². The van der Waals surface area contributed by atoms with E-state index in [1.54, 1.807) is 30.3 Å². The number of carbonyl (C=O) groups is 1. The highest BCUT2D eigenvalue weighted by Gasteiger charge is 2.12. The first-order valence-electron chi connectivity index (χ1n) is 6.06. The largest absolute Gasteiger partial charge is 0.497 e. The molecule has 4 nitrogen and oxygen atoms in total. The number of nitrogens with two attached hydrogens (primary N) is 1. The van der Waals surface area contributed by atoms with Gasteiger partial charge in [-0.1, -0.05) is 29.3 Å². The van der Waals surface area contributed by atoms with Crippen LogP contribution in [0.5, 0.6) is 11.5 Å². The summed E-state index contributed by atoms with van der Waals surface area (Å²) in [5.41, 5.74) is 6.35. The first-order valence-corrected chi connectivity index (χ1v) is 6.81. The van der Waals surface area contributed by atoms with Crippen LogP contribution in [0.4, 0.5) is 0 Å². The molecule has 0 fully saturated rings. The van der Waals surface area contributed by atoms with Crippen LogP contribution in [0.2, 0.25) is 10.0 Å². The smallest absolute Gasteiger partial charge is 0.252 e. The molecule has 0 radical (unpaired) electrons. The maximum absolute atomic E-state index is 11.5. The van der Waals surface area contributed by atoms with E-state index in [0.717, 1.165) is 5.56 Å². The Kier molecular flexibility index (Phi) is 4.94. The van der Waals surface area contributed by atoms with Gasteiger partial charge in [-0.05, 0) is 30.3 Å². The number of rotatable bonds is 5. The lowest BCUT2D eigenvalue weighted by Gasteiger charge is -2.12. The van der Waals surface area contributed by atoms with Gasteiger partial charge in [0.25, 0.3) is 5.91 Å². The molecular formula is C15H13Cl2NO3. The van der Waals surface area contributed by atoms with Crippen LogP contribution in [0, 0.1) is 0 Å². The SMILES string of the molecule is COc1ccc(OCc2ccc(Cl)cc2Cl)c(C(N)=O)c1. The normalized spacial score (nSPS) is 10.2. The maximum Gasteiger partial charge on any atom is 0.252 e. The Morgan fingerprint density at radius 1 is 1.19 bits per heavy atom. The highest BCUT2D eigenvalue weighted by molar-refractivity contribution is 6.35. The van der Waals surface area contributed by atoms with E-state index in [-0.39, 0.29) is 12.2 Å². The van der Waals surface area contributed by atoms with E-state index in [1.165, 1.54) is 13.2 Å². The second-order valence-corrected chi connectivity index (χ2v) is 5.09. The summed E-state index contributed by atoms with van der Waals surface area (Å²) in [6.07, 6.45) is 0. The van der Waals surface area contributed by atoms with Gasteiger partial charge in [-0.3, -0.25) is 4.79 Å². The van der Waals surface area contributed by atoms with E-state index in [4.69, 9.17) is 38.4 Å². The third kappa shape index (κ3) is 3.80. The van der Waals surface area contributed by atoms with Crippen LogP contribution in [0.1, 0.15) is 15.9 Å². The van der Waals surface area contributed by atoms with Gasteiger partial charge in [-0.2, -0.15) is 0 Å². The number of ether oxygens (including phenoxy) is 2. The Hall–Kier alpha value is -1.91. The summed E-state index contributed by atoms with van der Waals surface area (Å²) in [5.74, 6) is 0.307. The first kappa shape index (κ1) is 15.5. The molecule has 0 aliphatic heterocycles. The van der Waals surface area contributed by atoms with Gasteiger partial charge in [0.2, 0.25) is 0 Å². The molecule has 110 valence electrons. The molecule has 21 heavy (non-hydrogen) atoms. The zero-order chi connectivity index (χ0) is 15.4. The molecule has 0 bridgehead atoms. The second-order valence-electron chi connectivity index (χ2n) is 4.25. The Labute approximate surface area is 132 Å². The molecule has 0 spiro atoms. The third-order valence-electron chi connectivity index (χ3n) is 2.85. The molecule has 0 heterocycles. The van der Waals surface area contributed by atoms with Crippen LogP contribution in [-0.2, 0) is 6.61 Å². The van der Waals surface area contributed by atoms with Crippen LogP contribution in [-0.4, -0.2) is 13.0 Å². The molecule has 0 aliphatic carbocycles. The van der Waals surface area contributed by atoms with Crippen molar-refractivity contribution < 1.29 is 14.3 Å². The summed E-state index contributed by atoms with van der Waals surface area (Å²) in [5, 5.41) is 1.04. The van der Waals surface area contributed by atoms with Gasteiger partial charge >= 0.3 is 0 Å². The van der Waals surface area contributed by atoms with Gasteiger partial charge in [0.15, 0.2) is 0 Å². The monoisotopic (exact) mass is 325 g/mol. The number of halogens is 2. The lowest BCUT2D eigenvalue weighted by Crippen LogP contribution is -2.13. The van der Waals surface area contributed by atoms with Gasteiger partial charge < -0.3 is 15.2 Å². The quantitative estimate of drug-likeness (QED) is 0.912. The van der Waals surface area contributed by atoms with E-state index in [1.807, 2.05) is 0 Å². The summed E-state index contributed by atoms with van der Waals surface area (Å²) >= 11 is 11.9. The number of carbonyl (C=O) groups excluding carboxylic acids is 1. The van der Waals surface area contributed by atoms with E-state index in [9.17, 15) is 4.79 Å². The molecule has 0 saturated carbocycles. The van der Waals surface area contributed by atoms with Crippen LogP contribution in [0.25, 0.3) is 0 Å². The van der Waals surface area contributed by atoms with Gasteiger partial charge in [0.05, 0.1) is 12.7 Å². The highest BCUT2D eigenvalue weighted by Crippen LogP contribution is 2.26. The number of amides is 1. The van der Waals surface area contributed by atoms with E-state index >= 15 is 0 Å². The molecule has 6 heteroatoms. The topological polar surface area (TPSA) is 61.6 Å². The Morgan fingerprint density at radius 2 is 1.95 bits per heavy atom. The Morgan fingerprint density at radius 3 is 2.57 bits per heavy atom. The van der Waals surface area contributed by atoms with Crippen molar-refractivity contribution in [3.8, 4) is 11.5 Å². The summed E-state index contributed by atoms with van der Waals surface area (Å²) < 4.78 is 10.7. The van der Waals surface area contributed by atoms with Crippen molar-refractivity contribution in [3.63, 3.8) is 0 Å². The van der Waals surface area contributed by atoms with Crippen molar-refractivity contribution in [2.45, 2.75) is 6.61 Å². The van der Waals surface area contributed by atoms with E-state index in [2.05, 4.69) is 0 Å². The predicted molar refractivity (Wildman–Crippen MR) is 82.3 cm³/mol. The minimum absolute atomic E-state index is 0.197. The number of primary amides is 1. The molecule has 0 atom stereocenters. The lowest BCUT2D eigenvalue weighted by atomic mass is 10.1. The third-order valence-corrected chi connectivity index (χ3v) is 3.44. The van der Waals surface area contributed by atoms with Crippen LogP contribution >= 0.6 is 23.2 Å². The summed E-state index contributed by atoms with van der Waals surface area (Å²) in [7, 11) is 1.51. The van der Waals surface area contributed by atoms with Gasteiger partial charge in [-0.15, -0.1) is 0 Å². The Bertz CT molecular complexity index is 674. The minimum Gasteiger partial charge on any atom is -0.497 e. The summed E-state index contributed by atoms with van der Waals surface area (Å²) in [4.78, 5) is 11.5. The van der Waals surface area contributed by atoms with E-state index < -0.39 is 5.91 Å². The lowest BCUT2D eigenvalue weighted by molar-refractivity contribution is 0.0995.